The second-order valence-electron chi connectivity index (χ2n) is 5.20. The summed E-state index contributed by atoms with van der Waals surface area (Å²) in [6.07, 6.45) is 4.36. The molecule has 1 saturated carbocycles. The van der Waals surface area contributed by atoms with Gasteiger partial charge in [-0.3, -0.25) is 4.98 Å². The van der Waals surface area contributed by atoms with Gasteiger partial charge in [-0.2, -0.15) is 0 Å². The number of aromatic nitrogens is 1. The van der Waals surface area contributed by atoms with Crippen LogP contribution in [0.4, 0.5) is 15.8 Å². The van der Waals surface area contributed by atoms with Gasteiger partial charge in [0.15, 0.2) is 0 Å². The van der Waals surface area contributed by atoms with Crippen molar-refractivity contribution in [3.8, 4) is 0 Å². The van der Waals surface area contributed by atoms with E-state index in [4.69, 9.17) is 0 Å². The van der Waals surface area contributed by atoms with Gasteiger partial charge in [-0.05, 0) is 49.2 Å². The minimum atomic E-state index is -0.216. The van der Waals surface area contributed by atoms with Gasteiger partial charge in [0, 0.05) is 37.2 Å². The molecular weight excluding hydrogens is 253 g/mol. The second-order valence-corrected chi connectivity index (χ2v) is 5.20. The maximum Gasteiger partial charge on any atom is 0.123 e. The summed E-state index contributed by atoms with van der Waals surface area (Å²) >= 11 is 0. The zero-order valence-electron chi connectivity index (χ0n) is 11.5. The van der Waals surface area contributed by atoms with Crippen LogP contribution in [0.25, 0.3) is 0 Å². The topological polar surface area (TPSA) is 28.2 Å². The highest BCUT2D eigenvalue weighted by atomic mass is 19.1. The number of halogens is 1. The summed E-state index contributed by atoms with van der Waals surface area (Å²) in [6.45, 7) is 0.801. The lowest BCUT2D eigenvalue weighted by Gasteiger charge is -2.20. The largest absolute Gasteiger partial charge is 0.345 e. The van der Waals surface area contributed by atoms with Gasteiger partial charge in [-0.25, -0.2) is 4.39 Å². The molecule has 2 aromatic rings. The first-order valence-corrected chi connectivity index (χ1v) is 6.90. The minimum absolute atomic E-state index is 0.216. The number of nitrogens with one attached hydrogen (secondary N) is 1. The zero-order valence-corrected chi connectivity index (χ0v) is 11.5. The van der Waals surface area contributed by atoms with E-state index in [0.717, 1.165) is 23.6 Å². The Morgan fingerprint density at radius 3 is 2.65 bits per heavy atom. The van der Waals surface area contributed by atoms with Crippen molar-refractivity contribution in [2.45, 2.75) is 25.4 Å². The molecule has 0 spiro atoms. The van der Waals surface area contributed by atoms with Crippen molar-refractivity contribution < 1.29 is 4.39 Å². The Hall–Kier alpha value is -1.94. The summed E-state index contributed by atoms with van der Waals surface area (Å²) in [5, 5.41) is 3.46. The lowest BCUT2D eigenvalue weighted by Crippen LogP contribution is -2.17. The fourth-order valence-corrected chi connectivity index (χ4v) is 2.12. The van der Waals surface area contributed by atoms with E-state index in [0.29, 0.717) is 6.04 Å². The smallest absolute Gasteiger partial charge is 0.123 e. The molecule has 3 rings (SSSR count). The third-order valence-electron chi connectivity index (χ3n) is 3.55. The molecular formula is C16H18FN3. The van der Waals surface area contributed by atoms with Gasteiger partial charge >= 0.3 is 0 Å². The van der Waals surface area contributed by atoms with E-state index in [-0.39, 0.29) is 5.82 Å². The Bertz CT molecular complexity index is 579. The summed E-state index contributed by atoms with van der Waals surface area (Å²) in [4.78, 5) is 6.41. The van der Waals surface area contributed by atoms with Crippen molar-refractivity contribution in [3.05, 3.63) is 54.1 Å². The molecule has 20 heavy (non-hydrogen) atoms. The summed E-state index contributed by atoms with van der Waals surface area (Å²) in [6, 6.07) is 11.2. The second kappa shape index (κ2) is 5.59. The van der Waals surface area contributed by atoms with Crippen LogP contribution in [0, 0.1) is 5.82 Å². The van der Waals surface area contributed by atoms with Crippen LogP contribution >= 0.6 is 0 Å². The van der Waals surface area contributed by atoms with Gasteiger partial charge in [0.05, 0.1) is 5.69 Å². The summed E-state index contributed by atoms with van der Waals surface area (Å²) in [5.74, 6) is -0.216. The highest BCUT2D eigenvalue weighted by Crippen LogP contribution is 2.24. The van der Waals surface area contributed by atoms with E-state index in [9.17, 15) is 4.39 Å². The van der Waals surface area contributed by atoms with Crippen LogP contribution in [0.15, 0.2) is 42.6 Å². The molecule has 0 bridgehead atoms. The maximum absolute atomic E-state index is 13.0. The predicted molar refractivity (Wildman–Crippen MR) is 78.6 cm³/mol. The highest BCUT2D eigenvalue weighted by molar-refractivity contribution is 5.62. The van der Waals surface area contributed by atoms with Crippen molar-refractivity contribution in [1.82, 2.24) is 10.3 Å². The normalized spacial score (nSPS) is 14.3. The molecule has 0 amide bonds. The molecule has 0 atom stereocenters. The molecule has 3 nitrogen and oxygen atoms in total. The van der Waals surface area contributed by atoms with Crippen molar-refractivity contribution in [2.75, 3.05) is 11.9 Å². The fourth-order valence-electron chi connectivity index (χ4n) is 2.12. The number of rotatable bonds is 5. The summed E-state index contributed by atoms with van der Waals surface area (Å²) in [7, 11) is 1.97. The van der Waals surface area contributed by atoms with Gasteiger partial charge in [0.2, 0.25) is 0 Å². The quantitative estimate of drug-likeness (QED) is 0.905. The molecule has 1 aliphatic carbocycles. The van der Waals surface area contributed by atoms with Gasteiger partial charge in [-0.1, -0.05) is 0 Å². The Labute approximate surface area is 118 Å². The third-order valence-corrected chi connectivity index (χ3v) is 3.55. The number of benzene rings is 1. The first kappa shape index (κ1) is 13.1. The lowest BCUT2D eigenvalue weighted by molar-refractivity contribution is 0.628. The Balaban J connectivity index is 1.74. The van der Waals surface area contributed by atoms with Gasteiger partial charge < -0.3 is 10.2 Å². The minimum Gasteiger partial charge on any atom is -0.345 e. The number of pyridine rings is 1. The van der Waals surface area contributed by atoms with Crippen LogP contribution in [0.5, 0.6) is 0 Å². The number of hydrogen-bond acceptors (Lipinski definition) is 3. The molecule has 0 radical (unpaired) electrons. The molecule has 1 heterocycles. The van der Waals surface area contributed by atoms with Crippen LogP contribution < -0.4 is 10.2 Å². The third kappa shape index (κ3) is 3.14. The zero-order chi connectivity index (χ0) is 13.9. The van der Waals surface area contributed by atoms with E-state index in [2.05, 4.69) is 16.4 Å². The first-order chi connectivity index (χ1) is 9.72. The van der Waals surface area contributed by atoms with Crippen molar-refractivity contribution in [3.63, 3.8) is 0 Å². The van der Waals surface area contributed by atoms with E-state index in [1.807, 2.05) is 24.2 Å². The predicted octanol–water partition coefficient (Wildman–Crippen LogP) is 3.24. The van der Waals surface area contributed by atoms with E-state index in [1.165, 1.54) is 25.0 Å². The van der Waals surface area contributed by atoms with E-state index >= 15 is 0 Å². The Morgan fingerprint density at radius 2 is 1.95 bits per heavy atom. The van der Waals surface area contributed by atoms with E-state index in [1.54, 1.807) is 12.1 Å². The molecule has 0 saturated heterocycles. The molecule has 1 fully saturated rings. The molecule has 104 valence electrons. The summed E-state index contributed by atoms with van der Waals surface area (Å²) in [5.41, 5.74) is 3.04. The fraction of sp³-hybridized carbons (Fsp3) is 0.312. The first-order valence-electron chi connectivity index (χ1n) is 6.90. The maximum atomic E-state index is 13.0. The molecule has 1 N–H and O–H groups in total. The van der Waals surface area contributed by atoms with E-state index < -0.39 is 0 Å². The van der Waals surface area contributed by atoms with Crippen LogP contribution in [0.3, 0.4) is 0 Å². The van der Waals surface area contributed by atoms with Gasteiger partial charge in [0.1, 0.15) is 5.82 Å². The standard InChI is InChI=1S/C16H18FN3/c1-20(15-6-2-12(17)3-7-15)16-8-9-18-14(10-16)11-19-13-4-5-13/h2-3,6-10,13,19H,4-5,11H2,1H3. The van der Waals surface area contributed by atoms with Crippen LogP contribution in [-0.2, 0) is 6.54 Å². The van der Waals surface area contributed by atoms with Crippen molar-refractivity contribution >= 4 is 11.4 Å². The van der Waals surface area contributed by atoms with Crippen molar-refractivity contribution in [2.24, 2.45) is 0 Å². The molecule has 0 unspecified atom stereocenters. The van der Waals surface area contributed by atoms with Crippen LogP contribution in [0.1, 0.15) is 18.5 Å². The van der Waals surface area contributed by atoms with Crippen LogP contribution in [0.2, 0.25) is 0 Å². The molecule has 1 aromatic heterocycles. The van der Waals surface area contributed by atoms with Crippen molar-refractivity contribution in [1.29, 1.82) is 0 Å². The molecule has 1 aromatic carbocycles. The summed E-state index contributed by atoms with van der Waals surface area (Å²) < 4.78 is 13.0. The molecule has 4 heteroatoms. The van der Waals surface area contributed by atoms with Gasteiger partial charge in [-0.15, -0.1) is 0 Å². The number of nitrogens with zero attached hydrogens (tertiary/aromatic N) is 2. The number of hydrogen-bond donors (Lipinski definition) is 1. The highest BCUT2D eigenvalue weighted by Gasteiger charge is 2.20. The van der Waals surface area contributed by atoms with Gasteiger partial charge in [0.25, 0.3) is 0 Å². The average Bonchev–Trinajstić information content (AvgIpc) is 3.30. The number of anilines is 2. The Kier molecular flexibility index (Phi) is 3.65. The Morgan fingerprint density at radius 1 is 1.20 bits per heavy atom. The lowest BCUT2D eigenvalue weighted by atomic mass is 10.2. The average molecular weight is 271 g/mol. The van der Waals surface area contributed by atoms with Crippen LogP contribution in [-0.4, -0.2) is 18.1 Å². The monoisotopic (exact) mass is 271 g/mol. The molecule has 0 aliphatic heterocycles. The SMILES string of the molecule is CN(c1ccc(F)cc1)c1ccnc(CNC2CC2)c1. The molecule has 1 aliphatic rings.